The van der Waals surface area contributed by atoms with Crippen molar-refractivity contribution in [2.45, 2.75) is 19.1 Å². The predicted molar refractivity (Wildman–Crippen MR) is 64.4 cm³/mol. The maximum absolute atomic E-state index is 10.8. The molecule has 0 aliphatic heterocycles. The van der Waals surface area contributed by atoms with Crippen molar-refractivity contribution in [3.63, 3.8) is 0 Å². The third-order valence-corrected chi connectivity index (χ3v) is 2.44. The second-order valence-electron chi connectivity index (χ2n) is 3.48. The molecule has 3 N–H and O–H groups in total. The Morgan fingerprint density at radius 3 is 2.65 bits per heavy atom. The molecule has 17 heavy (non-hydrogen) atoms. The Morgan fingerprint density at radius 2 is 2.24 bits per heavy atom. The van der Waals surface area contributed by atoms with E-state index in [9.17, 15) is 9.90 Å². The van der Waals surface area contributed by atoms with Gasteiger partial charge in [-0.3, -0.25) is 0 Å². The number of aliphatic carboxylic acids is 1. The summed E-state index contributed by atoms with van der Waals surface area (Å²) < 4.78 is 0. The first-order chi connectivity index (χ1) is 7.95. The predicted octanol–water partition coefficient (Wildman–Crippen LogP) is 2.14. The van der Waals surface area contributed by atoms with Crippen molar-refractivity contribution < 1.29 is 15.0 Å². The summed E-state index contributed by atoms with van der Waals surface area (Å²) in [6.07, 6.45) is -1.05. The fourth-order valence-corrected chi connectivity index (χ4v) is 1.48. The third-order valence-electron chi connectivity index (χ3n) is 2.14. The lowest BCUT2D eigenvalue weighted by Gasteiger charge is -2.18. The molecule has 0 heterocycles. The fourth-order valence-electron chi connectivity index (χ4n) is 1.26. The van der Waals surface area contributed by atoms with Crippen molar-refractivity contribution in [3.8, 4) is 0 Å². The highest BCUT2D eigenvalue weighted by Crippen LogP contribution is 2.28. The summed E-state index contributed by atoms with van der Waals surface area (Å²) in [7, 11) is 0. The molecular formula is C11H11ClN2O3. The van der Waals surface area contributed by atoms with E-state index < -0.39 is 18.1 Å². The molecule has 0 aromatic heterocycles. The van der Waals surface area contributed by atoms with Crippen molar-refractivity contribution in [3.05, 3.63) is 34.6 Å². The molecule has 0 spiro atoms. The molecule has 0 aliphatic rings. The van der Waals surface area contributed by atoms with E-state index in [0.29, 0.717) is 11.4 Å². The number of nitrogens with zero attached hydrogens (tertiary/aromatic N) is 1. The van der Waals surface area contributed by atoms with E-state index in [2.05, 4.69) is 10.2 Å². The van der Waals surface area contributed by atoms with Crippen LogP contribution >= 0.6 is 11.6 Å². The maximum atomic E-state index is 10.8. The van der Waals surface area contributed by atoms with E-state index in [-0.39, 0.29) is 5.02 Å². The normalized spacial score (nSPS) is 13.5. The minimum absolute atomic E-state index is 0.236. The Labute approximate surface area is 103 Å². The quantitative estimate of drug-likeness (QED) is 0.720. The van der Waals surface area contributed by atoms with Crippen molar-refractivity contribution in [2.24, 2.45) is 0 Å². The average molecular weight is 255 g/mol. The first kappa shape index (κ1) is 13.3. The van der Waals surface area contributed by atoms with E-state index in [1.165, 1.54) is 25.1 Å². The number of hydrogen-bond donors (Lipinski definition) is 3. The van der Waals surface area contributed by atoms with Gasteiger partial charge in [0.15, 0.2) is 6.04 Å². The van der Waals surface area contributed by atoms with E-state index in [4.69, 9.17) is 23.3 Å². The van der Waals surface area contributed by atoms with Gasteiger partial charge in [-0.2, -0.15) is 0 Å². The van der Waals surface area contributed by atoms with Crippen LogP contribution in [0.2, 0.25) is 5.02 Å². The van der Waals surface area contributed by atoms with E-state index in [1.54, 1.807) is 0 Å². The van der Waals surface area contributed by atoms with Gasteiger partial charge < -0.3 is 15.5 Å². The van der Waals surface area contributed by atoms with Crippen molar-refractivity contribution in [1.29, 1.82) is 0 Å². The van der Waals surface area contributed by atoms with Crippen LogP contribution in [0.1, 0.15) is 6.92 Å². The highest BCUT2D eigenvalue weighted by molar-refractivity contribution is 6.33. The molecule has 1 aromatic carbocycles. The summed E-state index contributed by atoms with van der Waals surface area (Å²) in [5.41, 5.74) is 0.733. The Hall–Kier alpha value is -1.77. The maximum Gasteiger partial charge on any atom is 0.328 e. The van der Waals surface area contributed by atoms with E-state index in [1.807, 2.05) is 0 Å². The molecule has 0 bridgehead atoms. The minimum Gasteiger partial charge on any atom is -0.480 e. The largest absolute Gasteiger partial charge is 0.480 e. The molecule has 0 saturated carbocycles. The van der Waals surface area contributed by atoms with Gasteiger partial charge in [-0.1, -0.05) is 17.7 Å². The zero-order valence-electron chi connectivity index (χ0n) is 9.01. The van der Waals surface area contributed by atoms with Gasteiger partial charge in [0.1, 0.15) is 0 Å². The number of aliphatic hydroxyl groups is 1. The average Bonchev–Trinajstić information content (AvgIpc) is 2.25. The molecule has 0 aliphatic carbocycles. The molecule has 0 saturated heterocycles. The molecule has 0 fully saturated rings. The van der Waals surface area contributed by atoms with Crippen LogP contribution in [0.25, 0.3) is 4.85 Å². The molecule has 90 valence electrons. The van der Waals surface area contributed by atoms with Crippen LogP contribution in [0.15, 0.2) is 18.2 Å². The number of carbonyl (C=O) groups is 1. The number of carboxylic acid groups (broad SMARTS) is 1. The van der Waals surface area contributed by atoms with E-state index in [0.717, 1.165) is 0 Å². The lowest BCUT2D eigenvalue weighted by molar-refractivity contribution is -0.140. The number of aliphatic hydroxyl groups excluding tert-OH is 1. The molecule has 1 rings (SSSR count). The molecule has 6 heteroatoms. The Morgan fingerprint density at radius 1 is 1.59 bits per heavy atom. The van der Waals surface area contributed by atoms with Crippen molar-refractivity contribution in [1.82, 2.24) is 0 Å². The van der Waals surface area contributed by atoms with Crippen LogP contribution in [-0.2, 0) is 4.79 Å². The zero-order valence-corrected chi connectivity index (χ0v) is 9.77. The first-order valence-corrected chi connectivity index (χ1v) is 5.18. The van der Waals surface area contributed by atoms with Gasteiger partial charge in [0, 0.05) is 10.7 Å². The first-order valence-electron chi connectivity index (χ1n) is 4.80. The van der Waals surface area contributed by atoms with Gasteiger partial charge in [0.2, 0.25) is 5.69 Å². The van der Waals surface area contributed by atoms with Gasteiger partial charge in [-0.15, -0.1) is 0 Å². The number of benzene rings is 1. The van der Waals surface area contributed by atoms with Crippen LogP contribution in [0, 0.1) is 6.57 Å². The number of halogens is 1. The Balaban J connectivity index is 2.92. The van der Waals surface area contributed by atoms with Gasteiger partial charge in [-0.05, 0) is 19.1 Å². The summed E-state index contributed by atoms with van der Waals surface area (Å²) in [5, 5.41) is 21.0. The molecular weight excluding hydrogens is 244 g/mol. The standard InChI is InChI=1S/C11H11ClN2O3/c1-6(15)10(11(16)17)14-7-3-4-9(13-2)8(12)5-7/h3-6,10,14-15H,1H3,(H,16,17)/t6?,10-/m1/s1. The minimum atomic E-state index is -1.16. The molecule has 5 nitrogen and oxygen atoms in total. The number of carboxylic acids is 1. The summed E-state index contributed by atoms with van der Waals surface area (Å²) in [5.74, 6) is -1.16. The molecule has 1 aromatic rings. The highest BCUT2D eigenvalue weighted by Gasteiger charge is 2.22. The number of anilines is 1. The molecule has 2 atom stereocenters. The third kappa shape index (κ3) is 3.34. The molecule has 0 radical (unpaired) electrons. The number of hydrogen-bond acceptors (Lipinski definition) is 3. The monoisotopic (exact) mass is 254 g/mol. The second-order valence-corrected chi connectivity index (χ2v) is 3.89. The summed E-state index contributed by atoms with van der Waals surface area (Å²) in [4.78, 5) is 14.0. The van der Waals surface area contributed by atoms with Crippen LogP contribution < -0.4 is 5.32 Å². The fraction of sp³-hybridized carbons (Fsp3) is 0.273. The topological polar surface area (TPSA) is 73.9 Å². The van der Waals surface area contributed by atoms with E-state index >= 15 is 0 Å². The van der Waals surface area contributed by atoms with Crippen LogP contribution in [0.4, 0.5) is 11.4 Å². The van der Waals surface area contributed by atoms with Crippen molar-refractivity contribution >= 4 is 28.9 Å². The molecule has 1 unspecified atom stereocenters. The van der Waals surface area contributed by atoms with Crippen LogP contribution in [0.3, 0.4) is 0 Å². The van der Waals surface area contributed by atoms with Crippen LogP contribution in [0.5, 0.6) is 0 Å². The number of rotatable bonds is 4. The van der Waals surface area contributed by atoms with Gasteiger partial charge in [0.05, 0.1) is 12.7 Å². The van der Waals surface area contributed by atoms with Gasteiger partial charge >= 0.3 is 5.97 Å². The highest BCUT2D eigenvalue weighted by atomic mass is 35.5. The summed E-state index contributed by atoms with van der Waals surface area (Å²) >= 11 is 5.81. The smallest absolute Gasteiger partial charge is 0.328 e. The van der Waals surface area contributed by atoms with Gasteiger partial charge in [0.25, 0.3) is 0 Å². The summed E-state index contributed by atoms with van der Waals surface area (Å²) in [6, 6.07) is 3.36. The number of nitrogens with one attached hydrogen (secondary N) is 1. The molecule has 0 amide bonds. The summed E-state index contributed by atoms with van der Waals surface area (Å²) in [6.45, 7) is 8.19. The lowest BCUT2D eigenvalue weighted by atomic mass is 10.1. The SMILES string of the molecule is [C-]#[N+]c1ccc(N[C@@H](C(=O)O)C(C)O)cc1Cl. The van der Waals surface area contributed by atoms with Crippen LogP contribution in [-0.4, -0.2) is 28.3 Å². The van der Waals surface area contributed by atoms with Crippen molar-refractivity contribution in [2.75, 3.05) is 5.32 Å². The Kier molecular flexibility index (Phi) is 4.32. The zero-order chi connectivity index (χ0) is 13.0. The Bertz CT molecular complexity index is 468. The second kappa shape index (κ2) is 5.53. The van der Waals surface area contributed by atoms with Gasteiger partial charge in [-0.25, -0.2) is 9.64 Å². The lowest BCUT2D eigenvalue weighted by Crippen LogP contribution is -2.38.